The highest BCUT2D eigenvalue weighted by Gasteiger charge is 2.29. The van der Waals surface area contributed by atoms with Crippen molar-refractivity contribution >= 4 is 17.5 Å². The Morgan fingerprint density at radius 1 is 1.17 bits per heavy atom. The summed E-state index contributed by atoms with van der Waals surface area (Å²) in [6.07, 6.45) is 0.786. The summed E-state index contributed by atoms with van der Waals surface area (Å²) >= 11 is 5.97. The second-order valence-corrected chi connectivity index (χ2v) is 6.95. The number of carbonyl (C=O) groups is 1. The van der Waals surface area contributed by atoms with Gasteiger partial charge in [-0.15, -0.1) is 0 Å². The van der Waals surface area contributed by atoms with Crippen LogP contribution >= 0.6 is 11.6 Å². The molecule has 3 rings (SSSR count). The first kappa shape index (κ1) is 16.8. The van der Waals surface area contributed by atoms with Crippen LogP contribution in [0, 0.1) is 5.92 Å². The van der Waals surface area contributed by atoms with E-state index >= 15 is 0 Å². The molecule has 0 bridgehead atoms. The number of carbonyl (C=O) groups excluding carboxylic acids is 1. The number of hydrogen-bond acceptors (Lipinski definition) is 2. The van der Waals surface area contributed by atoms with Gasteiger partial charge in [0, 0.05) is 17.0 Å². The Kier molecular flexibility index (Phi) is 5.10. The van der Waals surface area contributed by atoms with E-state index in [1.807, 2.05) is 48.5 Å². The first-order valence-corrected chi connectivity index (χ1v) is 8.71. The molecule has 0 fully saturated rings. The van der Waals surface area contributed by atoms with Gasteiger partial charge in [-0.25, -0.2) is 0 Å². The minimum Gasteiger partial charge on any atom is -0.493 e. The van der Waals surface area contributed by atoms with Crippen molar-refractivity contribution in [3.8, 4) is 5.75 Å². The summed E-state index contributed by atoms with van der Waals surface area (Å²) in [6.45, 7) is 4.75. The van der Waals surface area contributed by atoms with Crippen LogP contribution in [-0.4, -0.2) is 12.5 Å². The lowest BCUT2D eigenvalue weighted by molar-refractivity contribution is -0.124. The number of benzene rings is 2. The van der Waals surface area contributed by atoms with Crippen molar-refractivity contribution in [2.75, 3.05) is 6.61 Å². The Morgan fingerprint density at radius 2 is 1.88 bits per heavy atom. The number of amides is 1. The van der Waals surface area contributed by atoms with Crippen LogP contribution in [0.1, 0.15) is 43.4 Å². The van der Waals surface area contributed by atoms with Crippen molar-refractivity contribution in [2.45, 2.75) is 32.2 Å². The Labute approximate surface area is 148 Å². The van der Waals surface area contributed by atoms with E-state index in [1.165, 1.54) is 0 Å². The van der Waals surface area contributed by atoms with Gasteiger partial charge in [0.2, 0.25) is 5.91 Å². The Hall–Kier alpha value is -2.00. The molecule has 24 heavy (non-hydrogen) atoms. The van der Waals surface area contributed by atoms with Gasteiger partial charge in [0.25, 0.3) is 0 Å². The SMILES string of the molecule is CC(C)[C@@H](C(=O)N[C@H]1CCOc2ccccc21)c1ccc(Cl)cc1. The van der Waals surface area contributed by atoms with Crippen molar-refractivity contribution in [2.24, 2.45) is 5.92 Å². The zero-order valence-corrected chi connectivity index (χ0v) is 14.7. The number of halogens is 1. The molecule has 1 N–H and O–H groups in total. The fraction of sp³-hybridized carbons (Fsp3) is 0.350. The van der Waals surface area contributed by atoms with Crippen molar-refractivity contribution < 1.29 is 9.53 Å². The third-order valence-electron chi connectivity index (χ3n) is 4.45. The van der Waals surface area contributed by atoms with E-state index in [1.54, 1.807) is 0 Å². The Morgan fingerprint density at radius 3 is 2.58 bits per heavy atom. The van der Waals surface area contributed by atoms with Gasteiger partial charge in [0.15, 0.2) is 0 Å². The summed E-state index contributed by atoms with van der Waals surface area (Å²) in [5, 5.41) is 3.90. The Balaban J connectivity index is 1.81. The molecule has 0 aromatic heterocycles. The molecule has 1 aliphatic rings. The third-order valence-corrected chi connectivity index (χ3v) is 4.71. The van der Waals surface area contributed by atoms with Crippen LogP contribution in [0.25, 0.3) is 0 Å². The van der Waals surface area contributed by atoms with Crippen LogP contribution in [0.15, 0.2) is 48.5 Å². The van der Waals surface area contributed by atoms with Gasteiger partial charge in [-0.3, -0.25) is 4.79 Å². The molecule has 0 saturated carbocycles. The quantitative estimate of drug-likeness (QED) is 0.872. The molecule has 126 valence electrons. The summed E-state index contributed by atoms with van der Waals surface area (Å²) in [4.78, 5) is 13.0. The number of rotatable bonds is 4. The van der Waals surface area contributed by atoms with Gasteiger partial charge in [0.05, 0.1) is 18.6 Å². The number of hydrogen-bond donors (Lipinski definition) is 1. The van der Waals surface area contributed by atoms with E-state index in [4.69, 9.17) is 16.3 Å². The lowest BCUT2D eigenvalue weighted by Gasteiger charge is -2.29. The molecule has 0 radical (unpaired) electrons. The lowest BCUT2D eigenvalue weighted by Crippen LogP contribution is -2.37. The van der Waals surface area contributed by atoms with Crippen molar-refractivity contribution in [1.82, 2.24) is 5.32 Å². The van der Waals surface area contributed by atoms with Crippen LogP contribution in [-0.2, 0) is 4.79 Å². The van der Waals surface area contributed by atoms with Gasteiger partial charge < -0.3 is 10.1 Å². The van der Waals surface area contributed by atoms with E-state index < -0.39 is 0 Å². The number of para-hydroxylation sites is 1. The molecule has 2 aromatic carbocycles. The van der Waals surface area contributed by atoms with E-state index in [2.05, 4.69) is 19.2 Å². The van der Waals surface area contributed by atoms with Crippen LogP contribution in [0.5, 0.6) is 5.75 Å². The zero-order chi connectivity index (χ0) is 17.1. The topological polar surface area (TPSA) is 38.3 Å². The molecule has 0 aliphatic carbocycles. The standard InChI is InChI=1S/C20H22ClNO2/c1-13(2)19(14-7-9-15(21)10-8-14)20(23)22-17-11-12-24-18-6-4-3-5-16(17)18/h3-10,13,17,19H,11-12H2,1-2H3,(H,22,23)/t17-,19+/m0/s1. The maximum Gasteiger partial charge on any atom is 0.228 e. The van der Waals surface area contributed by atoms with Gasteiger partial charge in [-0.2, -0.15) is 0 Å². The molecule has 2 aromatic rings. The molecule has 3 nitrogen and oxygen atoms in total. The predicted molar refractivity (Wildman–Crippen MR) is 96.5 cm³/mol. The summed E-state index contributed by atoms with van der Waals surface area (Å²) < 4.78 is 5.68. The van der Waals surface area contributed by atoms with E-state index in [9.17, 15) is 4.79 Å². The monoisotopic (exact) mass is 343 g/mol. The molecular formula is C20H22ClNO2. The van der Waals surface area contributed by atoms with Crippen molar-refractivity contribution in [3.05, 3.63) is 64.7 Å². The highest BCUT2D eigenvalue weighted by Crippen LogP contribution is 2.33. The van der Waals surface area contributed by atoms with E-state index in [0.717, 1.165) is 23.3 Å². The van der Waals surface area contributed by atoms with Crippen molar-refractivity contribution in [3.63, 3.8) is 0 Å². The van der Waals surface area contributed by atoms with E-state index in [-0.39, 0.29) is 23.8 Å². The van der Waals surface area contributed by atoms with E-state index in [0.29, 0.717) is 11.6 Å². The van der Waals surface area contributed by atoms with Crippen LogP contribution in [0.2, 0.25) is 5.02 Å². The maximum atomic E-state index is 13.0. The molecule has 0 unspecified atom stereocenters. The molecule has 0 spiro atoms. The predicted octanol–water partition coefficient (Wildman–Crippen LogP) is 4.72. The molecule has 1 heterocycles. The average molecular weight is 344 g/mol. The first-order valence-electron chi connectivity index (χ1n) is 8.34. The summed E-state index contributed by atoms with van der Waals surface area (Å²) in [7, 11) is 0. The van der Waals surface area contributed by atoms with Crippen LogP contribution in [0.4, 0.5) is 0 Å². The molecule has 1 aliphatic heterocycles. The van der Waals surface area contributed by atoms with Gasteiger partial charge in [-0.05, 0) is 29.7 Å². The number of fused-ring (bicyclic) bond motifs is 1. The van der Waals surface area contributed by atoms with Crippen LogP contribution in [0.3, 0.4) is 0 Å². The average Bonchev–Trinajstić information content (AvgIpc) is 2.57. The van der Waals surface area contributed by atoms with Crippen molar-refractivity contribution in [1.29, 1.82) is 0 Å². The Bertz CT molecular complexity index is 712. The largest absolute Gasteiger partial charge is 0.493 e. The fourth-order valence-corrected chi connectivity index (χ4v) is 3.39. The normalized spacial score (nSPS) is 17.8. The van der Waals surface area contributed by atoms with Gasteiger partial charge in [0.1, 0.15) is 5.75 Å². The zero-order valence-electron chi connectivity index (χ0n) is 14.0. The minimum absolute atomic E-state index is 0.00370. The minimum atomic E-state index is -0.197. The molecule has 0 saturated heterocycles. The second kappa shape index (κ2) is 7.27. The third kappa shape index (κ3) is 3.57. The highest BCUT2D eigenvalue weighted by atomic mass is 35.5. The summed E-state index contributed by atoms with van der Waals surface area (Å²) in [5.74, 6) is 0.911. The molecule has 2 atom stereocenters. The van der Waals surface area contributed by atoms with Crippen LogP contribution < -0.4 is 10.1 Å². The molecule has 4 heteroatoms. The van der Waals surface area contributed by atoms with Gasteiger partial charge >= 0.3 is 0 Å². The summed E-state index contributed by atoms with van der Waals surface area (Å²) in [5.41, 5.74) is 2.04. The molecule has 1 amide bonds. The number of ether oxygens (including phenoxy) is 1. The maximum absolute atomic E-state index is 13.0. The number of nitrogens with one attached hydrogen (secondary N) is 1. The van der Waals surface area contributed by atoms with Gasteiger partial charge in [-0.1, -0.05) is 55.8 Å². The first-order chi connectivity index (χ1) is 11.6. The summed E-state index contributed by atoms with van der Waals surface area (Å²) in [6, 6.07) is 15.4. The smallest absolute Gasteiger partial charge is 0.228 e. The highest BCUT2D eigenvalue weighted by molar-refractivity contribution is 6.30. The molecular weight excluding hydrogens is 322 g/mol. The lowest BCUT2D eigenvalue weighted by atomic mass is 9.87. The second-order valence-electron chi connectivity index (χ2n) is 6.51. The fourth-order valence-electron chi connectivity index (χ4n) is 3.26.